The maximum atomic E-state index is 12.6. The first kappa shape index (κ1) is 26.0. The van der Waals surface area contributed by atoms with Crippen LogP contribution in [0.2, 0.25) is 10.0 Å². The first-order valence-electron chi connectivity index (χ1n) is 12.7. The number of piperazine rings is 1. The number of hydrogen-bond acceptors (Lipinski definition) is 7. The summed E-state index contributed by atoms with van der Waals surface area (Å²) in [6.07, 6.45) is 3.91. The lowest BCUT2D eigenvalue weighted by Crippen LogP contribution is -2.57. The number of aryl methyl sites for hydroxylation is 1. The Morgan fingerprint density at radius 2 is 1.89 bits per heavy atom. The molecule has 0 spiro atoms. The fourth-order valence-electron chi connectivity index (χ4n) is 5.36. The van der Waals surface area contributed by atoms with Gasteiger partial charge in [0, 0.05) is 57.0 Å². The minimum absolute atomic E-state index is 0. The average molecular weight is 546 g/mol. The van der Waals surface area contributed by atoms with Gasteiger partial charge in [0.05, 0.1) is 10.6 Å². The summed E-state index contributed by atoms with van der Waals surface area (Å²) >= 11 is 12.6. The second kappa shape index (κ2) is 11.4. The summed E-state index contributed by atoms with van der Waals surface area (Å²) in [5.74, 6) is 1.39. The molecule has 4 heterocycles. The molecule has 0 saturated carbocycles. The number of piperidine rings is 1. The number of amides is 1. The van der Waals surface area contributed by atoms with Crippen LogP contribution in [0.5, 0.6) is 0 Å². The first-order valence-corrected chi connectivity index (χ1v) is 13.5. The van der Waals surface area contributed by atoms with Crippen LogP contribution in [0.1, 0.15) is 42.9 Å². The van der Waals surface area contributed by atoms with Crippen molar-refractivity contribution in [2.24, 2.45) is 0 Å². The van der Waals surface area contributed by atoms with Crippen molar-refractivity contribution in [2.45, 2.75) is 45.3 Å². The summed E-state index contributed by atoms with van der Waals surface area (Å²) in [5, 5.41) is 7.75. The molecule has 2 saturated heterocycles. The number of nitrogens with one attached hydrogen (secondary N) is 1. The largest absolute Gasteiger partial charge is 0.360 e. The van der Waals surface area contributed by atoms with Crippen molar-refractivity contribution in [3.8, 4) is 0 Å². The molecule has 1 N–H and O–H groups in total. The van der Waals surface area contributed by atoms with E-state index in [4.69, 9.17) is 27.7 Å². The van der Waals surface area contributed by atoms with Gasteiger partial charge in [0.1, 0.15) is 11.6 Å². The van der Waals surface area contributed by atoms with Crippen LogP contribution in [-0.2, 0) is 6.54 Å². The zero-order chi connectivity index (χ0) is 25.9. The summed E-state index contributed by atoms with van der Waals surface area (Å²) in [6, 6.07) is 12.5. The third kappa shape index (κ3) is 6.26. The van der Waals surface area contributed by atoms with Crippen molar-refractivity contribution < 1.29 is 10.7 Å². The van der Waals surface area contributed by atoms with Gasteiger partial charge in [-0.2, -0.15) is 0 Å². The van der Waals surface area contributed by atoms with E-state index in [-0.39, 0.29) is 7.33 Å². The standard InChI is InChI=1S/C27H32Cl2N6O2.H2/c1-18-16-34(26-24(29)14-21(15-30-26)27(36)31-25-13-19(2)37-32-25)11-12-35(18)23-7-9-33(10-8-23)17-20-3-5-22(28)6-4-20;/h3-6,13-15,18,23H,7-12,16-17H2,1-2H3,(H,31,32,36);1H/t18-;/m0./s1. The second-order valence-corrected chi connectivity index (χ2v) is 10.8. The van der Waals surface area contributed by atoms with Crippen LogP contribution < -0.4 is 10.2 Å². The summed E-state index contributed by atoms with van der Waals surface area (Å²) < 4.78 is 5.00. The van der Waals surface area contributed by atoms with Crippen molar-refractivity contribution in [1.29, 1.82) is 0 Å². The fourth-order valence-corrected chi connectivity index (χ4v) is 5.78. The van der Waals surface area contributed by atoms with Crippen LogP contribution in [0.3, 0.4) is 0 Å². The van der Waals surface area contributed by atoms with E-state index < -0.39 is 0 Å². The number of pyridine rings is 1. The average Bonchev–Trinajstić information content (AvgIpc) is 3.30. The van der Waals surface area contributed by atoms with Crippen LogP contribution in [-0.4, -0.2) is 70.7 Å². The van der Waals surface area contributed by atoms with E-state index >= 15 is 0 Å². The van der Waals surface area contributed by atoms with Gasteiger partial charge < -0.3 is 14.7 Å². The number of halogens is 2. The molecule has 0 unspecified atom stereocenters. The normalized spacial score (nSPS) is 19.8. The van der Waals surface area contributed by atoms with Gasteiger partial charge in [-0.15, -0.1) is 0 Å². The number of anilines is 2. The quantitative estimate of drug-likeness (QED) is 0.447. The lowest BCUT2D eigenvalue weighted by atomic mass is 9.99. The number of hydrogen-bond donors (Lipinski definition) is 1. The molecule has 8 nitrogen and oxygen atoms in total. The molecule has 1 amide bonds. The highest BCUT2D eigenvalue weighted by molar-refractivity contribution is 6.33. The number of rotatable bonds is 6. The highest BCUT2D eigenvalue weighted by atomic mass is 35.5. The Morgan fingerprint density at radius 3 is 2.54 bits per heavy atom. The van der Waals surface area contributed by atoms with Crippen molar-refractivity contribution in [3.63, 3.8) is 0 Å². The highest BCUT2D eigenvalue weighted by Gasteiger charge is 2.32. The third-order valence-corrected chi connectivity index (χ3v) is 7.81. The van der Waals surface area contributed by atoms with E-state index in [0.29, 0.717) is 34.2 Å². The van der Waals surface area contributed by atoms with E-state index in [1.165, 1.54) is 18.4 Å². The molecule has 2 fully saturated rings. The Bertz CT molecular complexity index is 1230. The molecule has 2 aliphatic rings. The molecular formula is C27H34Cl2N6O2. The van der Waals surface area contributed by atoms with Crippen molar-refractivity contribution in [3.05, 3.63) is 69.5 Å². The maximum Gasteiger partial charge on any atom is 0.258 e. The minimum Gasteiger partial charge on any atom is -0.360 e. The number of aromatic nitrogens is 2. The zero-order valence-corrected chi connectivity index (χ0v) is 22.7. The molecule has 2 aliphatic heterocycles. The number of benzene rings is 1. The highest BCUT2D eigenvalue weighted by Crippen LogP contribution is 2.29. The Kier molecular flexibility index (Phi) is 8.00. The van der Waals surface area contributed by atoms with Crippen molar-refractivity contribution in [1.82, 2.24) is 19.9 Å². The predicted octanol–water partition coefficient (Wildman–Crippen LogP) is 5.36. The van der Waals surface area contributed by atoms with E-state index in [1.54, 1.807) is 25.3 Å². The number of likely N-dealkylation sites (tertiary alicyclic amines) is 1. The molecule has 0 aliphatic carbocycles. The maximum absolute atomic E-state index is 12.6. The fraction of sp³-hybridized carbons (Fsp3) is 0.444. The molecule has 10 heteroatoms. The first-order chi connectivity index (χ1) is 17.9. The molecule has 1 aromatic carbocycles. The Labute approximate surface area is 229 Å². The van der Waals surface area contributed by atoms with E-state index in [0.717, 1.165) is 50.1 Å². The molecule has 198 valence electrons. The summed E-state index contributed by atoms with van der Waals surface area (Å²) in [7, 11) is 0. The molecule has 1 atom stereocenters. The number of carbonyl (C=O) groups is 1. The number of carbonyl (C=O) groups excluding carboxylic acids is 1. The van der Waals surface area contributed by atoms with Crippen LogP contribution in [0.15, 0.2) is 47.1 Å². The van der Waals surface area contributed by atoms with Gasteiger partial charge in [-0.05, 0) is 63.5 Å². The molecule has 0 radical (unpaired) electrons. The monoisotopic (exact) mass is 544 g/mol. The zero-order valence-electron chi connectivity index (χ0n) is 21.2. The molecular weight excluding hydrogens is 511 g/mol. The smallest absolute Gasteiger partial charge is 0.258 e. The Morgan fingerprint density at radius 1 is 1.14 bits per heavy atom. The van der Waals surface area contributed by atoms with Crippen molar-refractivity contribution >= 4 is 40.7 Å². The summed E-state index contributed by atoms with van der Waals surface area (Å²) in [5.41, 5.74) is 1.69. The van der Waals surface area contributed by atoms with E-state index in [1.807, 2.05) is 12.1 Å². The summed E-state index contributed by atoms with van der Waals surface area (Å²) in [4.78, 5) is 24.5. The van der Waals surface area contributed by atoms with Gasteiger partial charge in [-0.1, -0.05) is 40.5 Å². The SMILES string of the molecule is Cc1cc(NC(=O)c2cnc(N3CCN(C4CCN(Cc5ccc(Cl)cc5)CC4)[C@@H](C)C3)c(Cl)c2)no1.[HH]. The van der Waals surface area contributed by atoms with Crippen molar-refractivity contribution in [2.75, 3.05) is 42.9 Å². The van der Waals surface area contributed by atoms with Gasteiger partial charge in [0.2, 0.25) is 0 Å². The van der Waals surface area contributed by atoms with E-state index in [9.17, 15) is 4.79 Å². The van der Waals surface area contributed by atoms with Crippen LogP contribution in [0, 0.1) is 6.92 Å². The van der Waals surface area contributed by atoms with Gasteiger partial charge in [-0.3, -0.25) is 14.6 Å². The number of nitrogens with zero attached hydrogens (tertiary/aromatic N) is 5. The molecule has 2 aromatic heterocycles. The molecule has 3 aromatic rings. The van der Waals surface area contributed by atoms with Gasteiger partial charge in [0.15, 0.2) is 5.82 Å². The Balaban J connectivity index is 0.00000336. The summed E-state index contributed by atoms with van der Waals surface area (Å²) in [6.45, 7) is 9.89. The van der Waals surface area contributed by atoms with E-state index in [2.05, 4.69) is 49.2 Å². The molecule has 5 rings (SSSR count). The Hall–Kier alpha value is -2.65. The van der Waals surface area contributed by atoms with Crippen LogP contribution in [0.25, 0.3) is 0 Å². The predicted molar refractivity (Wildman–Crippen MR) is 149 cm³/mol. The van der Waals surface area contributed by atoms with Gasteiger partial charge in [0.25, 0.3) is 5.91 Å². The lowest BCUT2D eigenvalue weighted by molar-refractivity contribution is 0.0690. The third-order valence-electron chi connectivity index (χ3n) is 7.28. The minimum atomic E-state index is -0.324. The van der Waals surface area contributed by atoms with Crippen LogP contribution >= 0.6 is 23.2 Å². The molecule has 37 heavy (non-hydrogen) atoms. The second-order valence-electron chi connectivity index (χ2n) is 9.97. The van der Waals surface area contributed by atoms with Gasteiger partial charge >= 0.3 is 0 Å². The lowest BCUT2D eigenvalue weighted by Gasteiger charge is -2.47. The topological polar surface area (TPSA) is 77.7 Å². The van der Waals surface area contributed by atoms with Gasteiger partial charge in [-0.25, -0.2) is 4.98 Å². The van der Waals surface area contributed by atoms with Crippen LogP contribution in [0.4, 0.5) is 11.6 Å². The molecule has 0 bridgehead atoms.